The third kappa shape index (κ3) is 2.07. The van der Waals surface area contributed by atoms with Crippen molar-refractivity contribution >= 4 is 5.01 Å². The molecule has 80 valence electrons. The topological polar surface area (TPSA) is 12.5 Å². The van der Waals surface area contributed by atoms with Gasteiger partial charge in [0, 0.05) is 0 Å². The van der Waals surface area contributed by atoms with Crippen molar-refractivity contribution in [2.75, 3.05) is 6.61 Å². The Morgan fingerprint density at radius 2 is 2.07 bits per heavy atom. The molecule has 0 N–H and O–H groups in total. The molecule has 0 spiro atoms. The van der Waals surface area contributed by atoms with E-state index < -0.39 is 0 Å². The number of nitrogens with zero attached hydrogens (tertiary/aromatic N) is 1. The van der Waals surface area contributed by atoms with E-state index in [0.717, 1.165) is 6.61 Å². The second-order valence-electron chi connectivity index (χ2n) is 4.20. The van der Waals surface area contributed by atoms with E-state index in [1.807, 2.05) is 11.1 Å². The Morgan fingerprint density at radius 3 is 2.67 bits per heavy atom. The molecule has 0 unspecified atom stereocenters. The molecule has 0 bridgehead atoms. The van der Waals surface area contributed by atoms with Gasteiger partial charge in [-0.2, -0.15) is 0 Å². The Balaban J connectivity index is 2.29. The summed E-state index contributed by atoms with van der Waals surface area (Å²) in [5.41, 5.74) is 1.08. The van der Waals surface area contributed by atoms with Crippen LogP contribution in [-0.4, -0.2) is 22.2 Å². The second-order valence-corrected chi connectivity index (χ2v) is 4.53. The number of rotatable bonds is 2. The van der Waals surface area contributed by atoms with Crippen molar-refractivity contribution in [3.63, 3.8) is 0 Å². The van der Waals surface area contributed by atoms with E-state index in [0.29, 0.717) is 6.04 Å². The number of benzene rings is 1. The van der Waals surface area contributed by atoms with E-state index in [1.165, 1.54) is 5.56 Å². The van der Waals surface area contributed by atoms with Gasteiger partial charge in [-0.3, -0.25) is 0 Å². The van der Waals surface area contributed by atoms with Crippen LogP contribution in [0.25, 0.3) is 0 Å². The van der Waals surface area contributed by atoms with Crippen LogP contribution in [0.5, 0.6) is 0 Å². The summed E-state index contributed by atoms with van der Waals surface area (Å²) in [7, 11) is 0. The Hall–Kier alpha value is -0.458. The first-order chi connectivity index (χ1) is 7.15. The van der Waals surface area contributed by atoms with Crippen molar-refractivity contribution < 1.29 is 20.6 Å². The molecule has 1 atom stereocenters. The summed E-state index contributed by atoms with van der Waals surface area (Å²) in [5.74, 6) is 0. The Labute approximate surface area is 98.8 Å². The van der Waals surface area contributed by atoms with Crippen molar-refractivity contribution in [2.24, 2.45) is 0 Å². The summed E-state index contributed by atoms with van der Waals surface area (Å²) in [6.07, 6.45) is 0. The fourth-order valence-electron chi connectivity index (χ4n) is 1.95. The van der Waals surface area contributed by atoms with Crippen LogP contribution in [0.3, 0.4) is 0 Å². The van der Waals surface area contributed by atoms with Crippen LogP contribution in [0.2, 0.25) is 0 Å². The van der Waals surface area contributed by atoms with E-state index in [2.05, 4.69) is 58.9 Å². The van der Waals surface area contributed by atoms with Gasteiger partial charge in [0.05, 0.1) is 0 Å². The van der Waals surface area contributed by atoms with Gasteiger partial charge in [0.1, 0.15) is 0 Å². The zero-order chi connectivity index (χ0) is 10.9. The van der Waals surface area contributed by atoms with Gasteiger partial charge in [-0.25, -0.2) is 0 Å². The molecular formula is C12H15CrNO. The molecule has 1 fully saturated rings. The molecule has 1 aliphatic heterocycles. The number of ether oxygens (including phenoxy) is 1. The van der Waals surface area contributed by atoms with Gasteiger partial charge >= 0.3 is 98.6 Å². The third-order valence-electron chi connectivity index (χ3n) is 2.85. The normalized spacial score (nSPS) is 25.3. The minimum atomic E-state index is -0.217. The molecule has 0 saturated carbocycles. The van der Waals surface area contributed by atoms with Gasteiger partial charge in [-0.05, 0) is 0 Å². The van der Waals surface area contributed by atoms with Gasteiger partial charge in [-0.1, -0.05) is 0 Å². The summed E-state index contributed by atoms with van der Waals surface area (Å²) in [6.45, 7) is 4.92. The number of hydrogen-bond acceptors (Lipinski definition) is 2. The van der Waals surface area contributed by atoms with Crippen molar-refractivity contribution in [3.05, 3.63) is 35.9 Å². The zero-order valence-electron chi connectivity index (χ0n) is 9.01. The Kier molecular flexibility index (Phi) is 3.09. The minimum absolute atomic E-state index is 0.217. The quantitative estimate of drug-likeness (QED) is 0.786. The molecule has 1 aromatic carbocycles. The molecule has 2 rings (SSSR count). The van der Waals surface area contributed by atoms with Crippen LogP contribution in [0.15, 0.2) is 30.3 Å². The zero-order valence-corrected chi connectivity index (χ0v) is 10.3. The van der Waals surface area contributed by atoms with E-state index >= 15 is 0 Å². The third-order valence-corrected chi connectivity index (χ3v) is 3.20. The molecule has 15 heavy (non-hydrogen) atoms. The Bertz CT molecular complexity index is 350. The molecule has 1 saturated heterocycles. The molecule has 0 aromatic heterocycles. The van der Waals surface area contributed by atoms with Crippen LogP contribution in [0, 0.1) is 0 Å². The van der Waals surface area contributed by atoms with E-state index in [1.54, 1.807) is 0 Å². The molecule has 3 heteroatoms. The van der Waals surface area contributed by atoms with Crippen LogP contribution < -0.4 is 0 Å². The summed E-state index contributed by atoms with van der Waals surface area (Å²) in [4.78, 5) is 2.22. The monoisotopic (exact) mass is 241 g/mol. The van der Waals surface area contributed by atoms with Crippen molar-refractivity contribution in [2.45, 2.75) is 25.6 Å². The summed E-state index contributed by atoms with van der Waals surface area (Å²) in [6, 6.07) is 10.8. The van der Waals surface area contributed by atoms with Gasteiger partial charge in [0.25, 0.3) is 0 Å². The molecule has 1 aliphatic rings. The fourth-order valence-corrected chi connectivity index (χ4v) is 2.57. The summed E-state index contributed by atoms with van der Waals surface area (Å²) in [5, 5.41) is 1.99. The molecule has 0 amide bonds. The van der Waals surface area contributed by atoms with E-state index in [4.69, 9.17) is 4.74 Å². The SMILES string of the molecule is CC1(C)OC[C@@H](c2ccccc2)N1[CH]=[Cr]. The van der Waals surface area contributed by atoms with Crippen LogP contribution >= 0.6 is 0 Å². The van der Waals surface area contributed by atoms with Gasteiger partial charge < -0.3 is 0 Å². The average molecular weight is 241 g/mol. The second kappa shape index (κ2) is 4.19. The molecule has 1 heterocycles. The van der Waals surface area contributed by atoms with Crippen LogP contribution in [0.4, 0.5) is 0 Å². The van der Waals surface area contributed by atoms with Crippen LogP contribution in [0.1, 0.15) is 25.5 Å². The molecular weight excluding hydrogens is 226 g/mol. The van der Waals surface area contributed by atoms with Gasteiger partial charge in [0.2, 0.25) is 0 Å². The first-order valence-corrected chi connectivity index (χ1v) is 5.81. The molecule has 2 nitrogen and oxygen atoms in total. The maximum absolute atomic E-state index is 5.79. The average Bonchev–Trinajstić information content (AvgIpc) is 2.54. The van der Waals surface area contributed by atoms with Crippen molar-refractivity contribution in [1.29, 1.82) is 0 Å². The Morgan fingerprint density at radius 1 is 1.40 bits per heavy atom. The van der Waals surface area contributed by atoms with Gasteiger partial charge in [0.15, 0.2) is 0 Å². The van der Waals surface area contributed by atoms with Crippen molar-refractivity contribution in [1.82, 2.24) is 4.90 Å². The first kappa shape index (κ1) is 11.0. The summed E-state index contributed by atoms with van der Waals surface area (Å²) >= 11 is 2.96. The maximum atomic E-state index is 5.79. The predicted molar refractivity (Wildman–Crippen MR) is 57.1 cm³/mol. The fraction of sp³-hybridized carbons (Fsp3) is 0.417. The van der Waals surface area contributed by atoms with Crippen molar-refractivity contribution in [3.8, 4) is 0 Å². The van der Waals surface area contributed by atoms with Crippen LogP contribution in [-0.2, 0) is 20.6 Å². The van der Waals surface area contributed by atoms with E-state index in [-0.39, 0.29) is 5.72 Å². The standard InChI is InChI=1S/C12H15NO.Cr/c1-12(2)13(3)11(9-14-12)10-7-5-4-6-8-10;/h3-8,11H,9H2,1-2H3;/t11-;/m0./s1. The molecule has 0 radical (unpaired) electrons. The summed E-state index contributed by atoms with van der Waals surface area (Å²) < 4.78 is 5.79. The predicted octanol–water partition coefficient (Wildman–Crippen LogP) is 2.10. The van der Waals surface area contributed by atoms with Gasteiger partial charge in [-0.15, -0.1) is 0 Å². The number of hydrogen-bond donors (Lipinski definition) is 0. The molecule has 1 aromatic rings. The molecule has 0 aliphatic carbocycles. The van der Waals surface area contributed by atoms with E-state index in [9.17, 15) is 0 Å². The first-order valence-electron chi connectivity index (χ1n) is 5.08.